The Morgan fingerprint density at radius 1 is 1.07 bits per heavy atom. The van der Waals surface area contributed by atoms with Gasteiger partial charge in [0, 0.05) is 15.2 Å². The van der Waals surface area contributed by atoms with Crippen molar-refractivity contribution in [3.05, 3.63) is 52.2 Å². The third-order valence-corrected chi connectivity index (χ3v) is 5.62. The average molecular weight is 406 g/mol. The molecule has 0 aliphatic heterocycles. The summed E-state index contributed by atoms with van der Waals surface area (Å²) in [5.41, 5.74) is -0.456. The molecule has 2 aromatic rings. The predicted octanol–water partition coefficient (Wildman–Crippen LogP) is 3.93. The molecule has 5 nitrogen and oxygen atoms in total. The van der Waals surface area contributed by atoms with Gasteiger partial charge in [-0.2, -0.15) is 0 Å². The Morgan fingerprint density at radius 3 is 2.44 bits per heavy atom. The normalized spacial score (nSPS) is 11.1. The summed E-state index contributed by atoms with van der Waals surface area (Å²) in [7, 11) is 0. The van der Waals surface area contributed by atoms with E-state index in [1.54, 1.807) is 12.1 Å². The molecule has 0 bridgehead atoms. The second-order valence-corrected chi connectivity index (χ2v) is 9.10. The lowest BCUT2D eigenvalue weighted by atomic mass is 9.96. The van der Waals surface area contributed by atoms with Crippen LogP contribution in [-0.4, -0.2) is 30.0 Å². The molecule has 1 aromatic heterocycles. The topological polar surface area (TPSA) is 72.5 Å². The molecule has 0 saturated carbocycles. The van der Waals surface area contributed by atoms with Gasteiger partial charge in [-0.25, -0.2) is 0 Å². The molecule has 1 heterocycles. The number of carbonyl (C=O) groups is 3. The van der Waals surface area contributed by atoms with E-state index in [1.807, 2.05) is 51.1 Å². The Bertz CT molecular complexity index is 794. The smallest absolute Gasteiger partial charge is 0.316 e. The van der Waals surface area contributed by atoms with Crippen LogP contribution in [0.2, 0.25) is 0 Å². The fraction of sp³-hybridized carbons (Fsp3) is 0.350. The van der Waals surface area contributed by atoms with Crippen LogP contribution in [0, 0.1) is 5.41 Å². The lowest BCUT2D eigenvalue weighted by molar-refractivity contribution is -0.139. The molecule has 0 aliphatic rings. The fourth-order valence-corrected chi connectivity index (χ4v) is 3.56. The predicted molar refractivity (Wildman–Crippen MR) is 108 cm³/mol. The minimum absolute atomic E-state index is 0.0476. The molecule has 1 amide bonds. The molecule has 27 heavy (non-hydrogen) atoms. The number of hydrogen-bond acceptors (Lipinski definition) is 6. The van der Waals surface area contributed by atoms with Crippen LogP contribution in [0.5, 0.6) is 0 Å². The Morgan fingerprint density at radius 2 is 1.78 bits per heavy atom. The quantitative estimate of drug-likeness (QED) is 0.409. The van der Waals surface area contributed by atoms with Crippen LogP contribution in [0.4, 0.5) is 0 Å². The van der Waals surface area contributed by atoms with Crippen molar-refractivity contribution in [2.45, 2.75) is 32.2 Å². The number of carbonyl (C=O) groups excluding carboxylic acids is 3. The molecule has 144 valence electrons. The molecule has 0 atom stereocenters. The Kier molecular flexibility index (Phi) is 7.62. The van der Waals surface area contributed by atoms with E-state index in [0.717, 1.165) is 9.77 Å². The highest BCUT2D eigenvalue weighted by molar-refractivity contribution is 8.00. The van der Waals surface area contributed by atoms with Gasteiger partial charge in [0.1, 0.15) is 0 Å². The number of ether oxygens (including phenoxy) is 1. The van der Waals surface area contributed by atoms with Crippen LogP contribution in [0.3, 0.4) is 0 Å². The molecule has 0 fully saturated rings. The summed E-state index contributed by atoms with van der Waals surface area (Å²) in [4.78, 5) is 38.2. The van der Waals surface area contributed by atoms with Crippen molar-refractivity contribution < 1.29 is 19.1 Å². The molecular formula is C20H23NO4S2. The molecule has 0 unspecified atom stereocenters. The van der Waals surface area contributed by atoms with E-state index in [1.165, 1.54) is 23.1 Å². The monoisotopic (exact) mass is 405 g/mol. The van der Waals surface area contributed by atoms with E-state index >= 15 is 0 Å². The number of thiophene rings is 1. The molecule has 2 rings (SSSR count). The van der Waals surface area contributed by atoms with E-state index in [2.05, 4.69) is 5.32 Å². The third-order valence-electron chi connectivity index (χ3n) is 3.50. The standard InChI is InChI=1S/C20H23NO4S2/c1-20(2,3)19(24)21-11-15-9-10-17(27-15)16(22)12-25-18(23)13-26-14-7-5-4-6-8-14/h4-10H,11-13H2,1-3H3,(H,21,24). The lowest BCUT2D eigenvalue weighted by Gasteiger charge is -2.17. The first-order valence-electron chi connectivity index (χ1n) is 8.49. The number of amides is 1. The molecule has 1 N–H and O–H groups in total. The largest absolute Gasteiger partial charge is 0.457 e. The highest BCUT2D eigenvalue weighted by Crippen LogP contribution is 2.19. The van der Waals surface area contributed by atoms with Gasteiger partial charge in [0.2, 0.25) is 11.7 Å². The second-order valence-electron chi connectivity index (χ2n) is 6.88. The van der Waals surface area contributed by atoms with Crippen LogP contribution < -0.4 is 5.32 Å². The number of nitrogens with one attached hydrogen (secondary N) is 1. The molecular weight excluding hydrogens is 382 g/mol. The van der Waals surface area contributed by atoms with E-state index in [9.17, 15) is 14.4 Å². The van der Waals surface area contributed by atoms with Gasteiger partial charge in [-0.05, 0) is 24.3 Å². The maximum atomic E-state index is 12.2. The van der Waals surface area contributed by atoms with Gasteiger partial charge < -0.3 is 10.1 Å². The van der Waals surface area contributed by atoms with Crippen LogP contribution >= 0.6 is 23.1 Å². The van der Waals surface area contributed by atoms with Gasteiger partial charge in [0.25, 0.3) is 0 Å². The third kappa shape index (κ3) is 7.19. The summed E-state index contributed by atoms with van der Waals surface area (Å²) in [6, 6.07) is 13.0. The second kappa shape index (κ2) is 9.71. The molecule has 7 heteroatoms. The van der Waals surface area contributed by atoms with Crippen molar-refractivity contribution in [1.29, 1.82) is 0 Å². The zero-order valence-corrected chi connectivity index (χ0v) is 17.2. The summed E-state index contributed by atoms with van der Waals surface area (Å²) in [5, 5.41) is 2.85. The summed E-state index contributed by atoms with van der Waals surface area (Å²) in [6.45, 7) is 5.63. The number of esters is 1. The van der Waals surface area contributed by atoms with Gasteiger partial charge in [-0.15, -0.1) is 23.1 Å². The van der Waals surface area contributed by atoms with Crippen LogP contribution in [0.15, 0.2) is 47.4 Å². The number of rotatable bonds is 8. The van der Waals surface area contributed by atoms with Crippen LogP contribution in [0.1, 0.15) is 35.3 Å². The van der Waals surface area contributed by atoms with Crippen LogP contribution in [0.25, 0.3) is 0 Å². The lowest BCUT2D eigenvalue weighted by Crippen LogP contribution is -2.34. The average Bonchev–Trinajstić information content (AvgIpc) is 3.11. The van der Waals surface area contributed by atoms with Gasteiger partial charge in [-0.3, -0.25) is 14.4 Å². The van der Waals surface area contributed by atoms with Gasteiger partial charge in [0.05, 0.1) is 17.2 Å². The molecule has 0 saturated heterocycles. The zero-order chi connectivity index (χ0) is 19.9. The zero-order valence-electron chi connectivity index (χ0n) is 15.6. The number of Topliss-reactive ketones (excluding diaryl/α,β-unsaturated/α-hetero) is 1. The van der Waals surface area contributed by atoms with E-state index in [0.29, 0.717) is 11.4 Å². The van der Waals surface area contributed by atoms with Crippen molar-refractivity contribution in [1.82, 2.24) is 5.32 Å². The Hall–Kier alpha value is -2.12. The van der Waals surface area contributed by atoms with E-state index in [4.69, 9.17) is 4.74 Å². The number of benzene rings is 1. The maximum absolute atomic E-state index is 12.2. The summed E-state index contributed by atoms with van der Waals surface area (Å²) < 4.78 is 5.06. The fourth-order valence-electron chi connectivity index (χ4n) is 1.97. The first-order valence-corrected chi connectivity index (χ1v) is 10.3. The molecule has 1 aromatic carbocycles. The number of thioether (sulfide) groups is 1. The first-order chi connectivity index (χ1) is 12.8. The SMILES string of the molecule is CC(C)(C)C(=O)NCc1ccc(C(=O)COC(=O)CSc2ccccc2)s1. The van der Waals surface area contributed by atoms with Crippen molar-refractivity contribution in [3.63, 3.8) is 0 Å². The first kappa shape index (κ1) is 21.2. The van der Waals surface area contributed by atoms with Gasteiger partial charge in [-0.1, -0.05) is 39.0 Å². The van der Waals surface area contributed by atoms with E-state index in [-0.39, 0.29) is 24.1 Å². The Balaban J connectivity index is 1.75. The summed E-state index contributed by atoms with van der Waals surface area (Å²) in [5.74, 6) is -0.558. The molecule has 0 radical (unpaired) electrons. The van der Waals surface area contributed by atoms with Crippen molar-refractivity contribution in [2.75, 3.05) is 12.4 Å². The highest BCUT2D eigenvalue weighted by atomic mass is 32.2. The molecule has 0 spiro atoms. The summed E-state index contributed by atoms with van der Waals surface area (Å²) in [6.07, 6.45) is 0. The summed E-state index contributed by atoms with van der Waals surface area (Å²) >= 11 is 2.66. The van der Waals surface area contributed by atoms with Crippen molar-refractivity contribution in [2.24, 2.45) is 5.41 Å². The van der Waals surface area contributed by atoms with Gasteiger partial charge in [0.15, 0.2) is 6.61 Å². The minimum Gasteiger partial charge on any atom is -0.457 e. The van der Waals surface area contributed by atoms with Crippen molar-refractivity contribution >= 4 is 40.8 Å². The van der Waals surface area contributed by atoms with Crippen molar-refractivity contribution in [3.8, 4) is 0 Å². The molecule has 0 aliphatic carbocycles. The van der Waals surface area contributed by atoms with E-state index < -0.39 is 11.4 Å². The number of ketones is 1. The highest BCUT2D eigenvalue weighted by Gasteiger charge is 2.21. The van der Waals surface area contributed by atoms with Gasteiger partial charge >= 0.3 is 5.97 Å². The number of hydrogen-bond donors (Lipinski definition) is 1. The minimum atomic E-state index is -0.456. The Labute approximate surface area is 167 Å². The van der Waals surface area contributed by atoms with Crippen LogP contribution in [-0.2, 0) is 20.9 Å². The maximum Gasteiger partial charge on any atom is 0.316 e.